The molecule has 0 bridgehead atoms. The van der Waals surface area contributed by atoms with Gasteiger partial charge in [-0.2, -0.15) is 0 Å². The van der Waals surface area contributed by atoms with E-state index in [0.29, 0.717) is 22.8 Å². The zero-order valence-electron chi connectivity index (χ0n) is 13.7. The normalized spacial score (nSPS) is 12.2. The second-order valence-corrected chi connectivity index (χ2v) is 5.09. The molecule has 0 saturated carbocycles. The Morgan fingerprint density at radius 1 is 0.958 bits per heavy atom. The number of rotatable bonds is 6. The zero-order chi connectivity index (χ0) is 17.1. The van der Waals surface area contributed by atoms with Crippen LogP contribution in [0, 0.1) is 0 Å². The first-order chi connectivity index (χ1) is 11.7. The third-order valence-corrected chi connectivity index (χ3v) is 3.74. The van der Waals surface area contributed by atoms with Crippen LogP contribution in [-0.2, 0) is 4.74 Å². The monoisotopic (exact) mass is 327 g/mol. The summed E-state index contributed by atoms with van der Waals surface area (Å²) >= 11 is 0. The number of hydrogen-bond donors (Lipinski definition) is 0. The lowest BCUT2D eigenvalue weighted by molar-refractivity contribution is 0.0493. The number of aliphatic imine (C=N–C) groups is 1. The Balaban J connectivity index is 2.13. The molecule has 0 unspecified atom stereocenters. The minimum Gasteiger partial charge on any atom is -0.493 e. The van der Waals surface area contributed by atoms with Gasteiger partial charge < -0.3 is 18.9 Å². The van der Waals surface area contributed by atoms with Gasteiger partial charge in [0.25, 0.3) is 5.91 Å². The molecule has 2 aromatic carbocycles. The number of carbonyl (C=O) groups is 1. The Kier molecular flexibility index (Phi) is 4.48. The summed E-state index contributed by atoms with van der Waals surface area (Å²) < 4.78 is 21.5. The predicted molar refractivity (Wildman–Crippen MR) is 89.4 cm³/mol. The largest absolute Gasteiger partial charge is 0.493 e. The molecule has 0 saturated heterocycles. The highest BCUT2D eigenvalue weighted by Gasteiger charge is 2.20. The van der Waals surface area contributed by atoms with Crippen molar-refractivity contribution < 1.29 is 23.7 Å². The summed E-state index contributed by atoms with van der Waals surface area (Å²) in [5, 5.41) is 0. The molecule has 0 fully saturated rings. The maximum atomic E-state index is 11.6. The lowest BCUT2D eigenvalue weighted by atomic mass is 9.99. The highest BCUT2D eigenvalue weighted by atomic mass is 16.7. The molecule has 0 N–H and O–H groups in total. The number of fused-ring (bicyclic) bond motifs is 1. The number of nitrogens with zero attached hydrogens (tertiary/aromatic N) is 1. The molecule has 0 aliphatic carbocycles. The fraction of sp³-hybridized carbons (Fsp3) is 0.222. The molecule has 124 valence electrons. The molecule has 1 aliphatic heterocycles. The quantitative estimate of drug-likeness (QED) is 0.763. The van der Waals surface area contributed by atoms with Crippen molar-refractivity contribution in [2.45, 2.75) is 0 Å². The minimum atomic E-state index is -0.222. The summed E-state index contributed by atoms with van der Waals surface area (Å²) in [7, 11) is 4.66. The van der Waals surface area contributed by atoms with Crippen molar-refractivity contribution in [1.82, 2.24) is 0 Å². The SMILES string of the molecule is COCOc1c(-c2ccc3c(c2)C=NC3=O)ccc(OC)c1OC. The van der Waals surface area contributed by atoms with Crippen molar-refractivity contribution in [2.75, 3.05) is 28.1 Å². The molecule has 0 radical (unpaired) electrons. The highest BCUT2D eigenvalue weighted by Crippen LogP contribution is 2.44. The van der Waals surface area contributed by atoms with Crippen LogP contribution in [0.5, 0.6) is 17.2 Å². The smallest absolute Gasteiger partial charge is 0.277 e. The molecule has 0 spiro atoms. The van der Waals surface area contributed by atoms with Gasteiger partial charge in [0.05, 0.1) is 19.8 Å². The third-order valence-electron chi connectivity index (χ3n) is 3.74. The van der Waals surface area contributed by atoms with E-state index in [1.54, 1.807) is 39.7 Å². The van der Waals surface area contributed by atoms with E-state index < -0.39 is 0 Å². The highest BCUT2D eigenvalue weighted by molar-refractivity contribution is 6.13. The van der Waals surface area contributed by atoms with E-state index in [1.807, 2.05) is 18.2 Å². The molecular weight excluding hydrogens is 310 g/mol. The lowest BCUT2D eigenvalue weighted by Crippen LogP contribution is -2.04. The predicted octanol–water partition coefficient (Wildman–Crippen LogP) is 2.93. The van der Waals surface area contributed by atoms with E-state index in [2.05, 4.69) is 4.99 Å². The summed E-state index contributed by atoms with van der Waals surface area (Å²) in [6, 6.07) is 9.19. The first kappa shape index (κ1) is 16.0. The maximum Gasteiger partial charge on any atom is 0.277 e. The second-order valence-electron chi connectivity index (χ2n) is 5.09. The van der Waals surface area contributed by atoms with Crippen LogP contribution in [0.1, 0.15) is 15.9 Å². The summed E-state index contributed by atoms with van der Waals surface area (Å²) in [5.74, 6) is 1.34. The zero-order valence-corrected chi connectivity index (χ0v) is 13.7. The average Bonchev–Trinajstić information content (AvgIpc) is 2.99. The summed E-state index contributed by atoms with van der Waals surface area (Å²) in [4.78, 5) is 15.4. The summed E-state index contributed by atoms with van der Waals surface area (Å²) in [5.41, 5.74) is 3.06. The van der Waals surface area contributed by atoms with Crippen LogP contribution in [0.25, 0.3) is 11.1 Å². The van der Waals surface area contributed by atoms with Crippen molar-refractivity contribution >= 4 is 12.1 Å². The number of ether oxygens (including phenoxy) is 4. The van der Waals surface area contributed by atoms with E-state index in [-0.39, 0.29) is 12.7 Å². The topological polar surface area (TPSA) is 66.4 Å². The van der Waals surface area contributed by atoms with Gasteiger partial charge in [0.1, 0.15) is 0 Å². The fourth-order valence-electron chi connectivity index (χ4n) is 2.62. The second kappa shape index (κ2) is 6.72. The van der Waals surface area contributed by atoms with Crippen LogP contribution in [0.15, 0.2) is 35.3 Å². The van der Waals surface area contributed by atoms with Gasteiger partial charge in [0.15, 0.2) is 18.3 Å². The van der Waals surface area contributed by atoms with Gasteiger partial charge in [-0.3, -0.25) is 4.79 Å². The molecule has 3 rings (SSSR count). The van der Waals surface area contributed by atoms with Gasteiger partial charge in [-0.05, 0) is 29.8 Å². The molecule has 1 heterocycles. The molecule has 6 nitrogen and oxygen atoms in total. The summed E-state index contributed by atoms with van der Waals surface area (Å²) in [6.45, 7) is 0.0708. The Bertz CT molecular complexity index is 813. The van der Waals surface area contributed by atoms with Crippen LogP contribution in [-0.4, -0.2) is 40.2 Å². The van der Waals surface area contributed by atoms with Gasteiger partial charge in [0, 0.05) is 24.5 Å². The van der Waals surface area contributed by atoms with Gasteiger partial charge in [-0.15, -0.1) is 0 Å². The van der Waals surface area contributed by atoms with Gasteiger partial charge in [0.2, 0.25) is 5.75 Å². The average molecular weight is 327 g/mol. The maximum absolute atomic E-state index is 11.6. The van der Waals surface area contributed by atoms with E-state index in [0.717, 1.165) is 16.7 Å². The molecule has 6 heteroatoms. The number of carbonyl (C=O) groups excluding carboxylic acids is 1. The van der Waals surface area contributed by atoms with Crippen LogP contribution in [0.2, 0.25) is 0 Å². The Morgan fingerprint density at radius 2 is 1.75 bits per heavy atom. The lowest BCUT2D eigenvalue weighted by Gasteiger charge is -2.17. The van der Waals surface area contributed by atoms with Gasteiger partial charge >= 0.3 is 0 Å². The Labute approximate surface area is 139 Å². The van der Waals surface area contributed by atoms with Crippen LogP contribution < -0.4 is 14.2 Å². The van der Waals surface area contributed by atoms with Gasteiger partial charge in [-0.25, -0.2) is 4.99 Å². The first-order valence-electron chi connectivity index (χ1n) is 7.29. The van der Waals surface area contributed by atoms with E-state index in [9.17, 15) is 4.79 Å². The van der Waals surface area contributed by atoms with Crippen LogP contribution in [0.3, 0.4) is 0 Å². The van der Waals surface area contributed by atoms with Crippen LogP contribution in [0.4, 0.5) is 0 Å². The molecular formula is C18H17NO5. The van der Waals surface area contributed by atoms with Crippen molar-refractivity contribution in [3.63, 3.8) is 0 Å². The molecule has 1 amide bonds. The van der Waals surface area contributed by atoms with E-state index in [1.165, 1.54) is 0 Å². The minimum absolute atomic E-state index is 0.0708. The Hall–Kier alpha value is -2.86. The fourth-order valence-corrected chi connectivity index (χ4v) is 2.62. The number of methoxy groups -OCH3 is 3. The Morgan fingerprint density at radius 3 is 2.46 bits per heavy atom. The van der Waals surface area contributed by atoms with E-state index >= 15 is 0 Å². The molecule has 0 atom stereocenters. The first-order valence-corrected chi connectivity index (χ1v) is 7.29. The van der Waals surface area contributed by atoms with Crippen LogP contribution >= 0.6 is 0 Å². The number of hydrogen-bond acceptors (Lipinski definition) is 5. The summed E-state index contributed by atoms with van der Waals surface area (Å²) in [6.07, 6.45) is 1.57. The number of benzene rings is 2. The van der Waals surface area contributed by atoms with Crippen molar-refractivity contribution in [2.24, 2.45) is 4.99 Å². The van der Waals surface area contributed by atoms with Crippen molar-refractivity contribution in [3.05, 3.63) is 41.5 Å². The third kappa shape index (κ3) is 2.72. The number of amides is 1. The van der Waals surface area contributed by atoms with Gasteiger partial charge in [-0.1, -0.05) is 6.07 Å². The van der Waals surface area contributed by atoms with E-state index in [4.69, 9.17) is 18.9 Å². The van der Waals surface area contributed by atoms with Crippen molar-refractivity contribution in [3.8, 4) is 28.4 Å². The molecule has 1 aliphatic rings. The molecule has 0 aromatic heterocycles. The molecule has 24 heavy (non-hydrogen) atoms. The molecule has 2 aromatic rings. The standard InChI is InChI=1S/C18H17NO5/c1-21-10-24-16-13(6-7-15(22-2)17(16)23-3)11-4-5-14-12(8-11)9-19-18(14)20/h4-9H,10H2,1-3H3. The van der Waals surface area contributed by atoms with Crippen molar-refractivity contribution in [1.29, 1.82) is 0 Å².